The Morgan fingerprint density at radius 3 is 1.94 bits per heavy atom. The Morgan fingerprint density at radius 1 is 0.667 bits per heavy atom. The first-order valence-corrected chi connectivity index (χ1v) is 5.90. The maximum absolute atomic E-state index is 4.33. The van der Waals surface area contributed by atoms with Crippen LogP contribution in [-0.4, -0.2) is 4.98 Å². The summed E-state index contributed by atoms with van der Waals surface area (Å²) in [6.45, 7) is 0. The van der Waals surface area contributed by atoms with Crippen LogP contribution >= 0.6 is 0 Å². The second-order valence-corrected chi connectivity index (χ2v) is 4.12. The van der Waals surface area contributed by atoms with Crippen LogP contribution in [0.25, 0.3) is 22.3 Å². The molecule has 0 spiro atoms. The number of rotatable bonds is 2. The zero-order valence-corrected chi connectivity index (χ0v) is 9.88. The van der Waals surface area contributed by atoms with E-state index < -0.39 is 0 Å². The van der Waals surface area contributed by atoms with Crippen molar-refractivity contribution in [3.8, 4) is 22.3 Å². The molecule has 0 atom stereocenters. The van der Waals surface area contributed by atoms with Crippen LogP contribution < -0.4 is 0 Å². The Kier molecular flexibility index (Phi) is 2.89. The second-order valence-electron chi connectivity index (χ2n) is 4.12. The van der Waals surface area contributed by atoms with Gasteiger partial charge in [-0.3, -0.25) is 4.98 Å². The summed E-state index contributed by atoms with van der Waals surface area (Å²) in [5.74, 6) is 0. The van der Waals surface area contributed by atoms with Crippen molar-refractivity contribution in [1.82, 2.24) is 4.98 Å². The number of hydrogen-bond acceptors (Lipinski definition) is 1. The molecule has 0 unspecified atom stereocenters. The van der Waals surface area contributed by atoms with Gasteiger partial charge in [0.25, 0.3) is 0 Å². The highest BCUT2D eigenvalue weighted by Gasteiger charge is 2.01. The molecule has 0 aliphatic carbocycles. The van der Waals surface area contributed by atoms with Crippen molar-refractivity contribution < 1.29 is 0 Å². The highest BCUT2D eigenvalue weighted by molar-refractivity contribution is 5.71. The van der Waals surface area contributed by atoms with Crippen LogP contribution in [0.5, 0.6) is 0 Å². The lowest BCUT2D eigenvalue weighted by Crippen LogP contribution is -1.83. The predicted octanol–water partition coefficient (Wildman–Crippen LogP) is 4.22. The van der Waals surface area contributed by atoms with Gasteiger partial charge in [0.1, 0.15) is 0 Å². The standard InChI is InChI=1S/C17H12N/c1-3-7-14(8-4-1)16-11-17(13-18-12-16)15-9-5-2-6-10-15/h1,3-13H. The number of benzene rings is 2. The molecule has 1 radical (unpaired) electrons. The molecule has 0 fully saturated rings. The monoisotopic (exact) mass is 230 g/mol. The summed E-state index contributed by atoms with van der Waals surface area (Å²) in [5, 5.41) is 0. The Labute approximate surface area is 107 Å². The summed E-state index contributed by atoms with van der Waals surface area (Å²) in [6, 6.07) is 23.4. The van der Waals surface area contributed by atoms with Gasteiger partial charge in [-0.1, -0.05) is 54.6 Å². The van der Waals surface area contributed by atoms with Crippen molar-refractivity contribution in [2.45, 2.75) is 0 Å². The van der Waals surface area contributed by atoms with Crippen LogP contribution in [0.4, 0.5) is 0 Å². The average Bonchev–Trinajstić information content (AvgIpc) is 2.49. The van der Waals surface area contributed by atoms with Crippen molar-refractivity contribution in [2.75, 3.05) is 0 Å². The van der Waals surface area contributed by atoms with Crippen LogP contribution in [0.2, 0.25) is 0 Å². The van der Waals surface area contributed by atoms with Gasteiger partial charge in [0.05, 0.1) is 0 Å². The van der Waals surface area contributed by atoms with E-state index in [1.165, 1.54) is 11.1 Å². The molecule has 0 bridgehead atoms. The maximum Gasteiger partial charge on any atom is 0.0346 e. The molecule has 3 aromatic rings. The van der Waals surface area contributed by atoms with Gasteiger partial charge >= 0.3 is 0 Å². The molecule has 0 N–H and O–H groups in total. The Morgan fingerprint density at radius 2 is 1.28 bits per heavy atom. The SMILES string of the molecule is [c]1ccc(-c2cncc(-c3ccccc3)c2)cc1. The molecule has 1 aromatic heterocycles. The Bertz CT molecular complexity index is 575. The van der Waals surface area contributed by atoms with Gasteiger partial charge in [-0.05, 0) is 23.3 Å². The first-order valence-electron chi connectivity index (χ1n) is 5.90. The van der Waals surface area contributed by atoms with Crippen LogP contribution in [-0.2, 0) is 0 Å². The molecule has 0 saturated carbocycles. The zero-order valence-electron chi connectivity index (χ0n) is 9.88. The van der Waals surface area contributed by atoms with Crippen molar-refractivity contribution in [3.63, 3.8) is 0 Å². The van der Waals surface area contributed by atoms with E-state index in [1.807, 2.05) is 54.9 Å². The number of hydrogen-bond donors (Lipinski definition) is 0. The lowest BCUT2D eigenvalue weighted by atomic mass is 10.0. The van der Waals surface area contributed by atoms with Gasteiger partial charge in [0.15, 0.2) is 0 Å². The van der Waals surface area contributed by atoms with Crippen molar-refractivity contribution in [1.29, 1.82) is 0 Å². The van der Waals surface area contributed by atoms with E-state index in [1.54, 1.807) is 0 Å². The van der Waals surface area contributed by atoms with Gasteiger partial charge in [-0.2, -0.15) is 0 Å². The van der Waals surface area contributed by atoms with Gasteiger partial charge in [-0.15, -0.1) is 0 Å². The quantitative estimate of drug-likeness (QED) is 0.642. The first kappa shape index (κ1) is 10.7. The van der Waals surface area contributed by atoms with E-state index in [0.717, 1.165) is 11.1 Å². The molecule has 18 heavy (non-hydrogen) atoms. The fourth-order valence-corrected chi connectivity index (χ4v) is 1.97. The third kappa shape index (κ3) is 2.16. The largest absolute Gasteiger partial charge is 0.263 e. The summed E-state index contributed by atoms with van der Waals surface area (Å²) in [5.41, 5.74) is 4.62. The lowest BCUT2D eigenvalue weighted by molar-refractivity contribution is 1.33. The van der Waals surface area contributed by atoms with Crippen LogP contribution in [0.3, 0.4) is 0 Å². The predicted molar refractivity (Wildman–Crippen MR) is 73.9 cm³/mol. The van der Waals surface area contributed by atoms with E-state index in [4.69, 9.17) is 0 Å². The Balaban J connectivity index is 2.05. The highest BCUT2D eigenvalue weighted by Crippen LogP contribution is 2.24. The molecular formula is C17H12N. The molecule has 1 heteroatoms. The smallest absolute Gasteiger partial charge is 0.0346 e. The van der Waals surface area contributed by atoms with Gasteiger partial charge in [0.2, 0.25) is 0 Å². The van der Waals surface area contributed by atoms with E-state index >= 15 is 0 Å². The van der Waals surface area contributed by atoms with E-state index in [0.29, 0.717) is 0 Å². The second kappa shape index (κ2) is 4.84. The van der Waals surface area contributed by atoms with Crippen molar-refractivity contribution in [2.24, 2.45) is 0 Å². The average molecular weight is 230 g/mol. The Hall–Kier alpha value is -2.41. The van der Waals surface area contributed by atoms with E-state index in [2.05, 4.69) is 29.2 Å². The van der Waals surface area contributed by atoms with Crippen LogP contribution in [0.1, 0.15) is 0 Å². The third-order valence-corrected chi connectivity index (χ3v) is 2.90. The zero-order chi connectivity index (χ0) is 12.2. The molecule has 0 aliphatic heterocycles. The third-order valence-electron chi connectivity index (χ3n) is 2.90. The molecule has 1 heterocycles. The highest BCUT2D eigenvalue weighted by atomic mass is 14.6. The molecule has 1 nitrogen and oxygen atoms in total. The summed E-state index contributed by atoms with van der Waals surface area (Å²) in [6.07, 6.45) is 3.79. The summed E-state index contributed by atoms with van der Waals surface area (Å²) in [4.78, 5) is 4.33. The summed E-state index contributed by atoms with van der Waals surface area (Å²) in [7, 11) is 0. The number of aromatic nitrogens is 1. The van der Waals surface area contributed by atoms with Crippen LogP contribution in [0, 0.1) is 6.07 Å². The minimum atomic E-state index is 1.13. The van der Waals surface area contributed by atoms with Gasteiger partial charge in [-0.25, -0.2) is 0 Å². The molecule has 2 aromatic carbocycles. The van der Waals surface area contributed by atoms with E-state index in [-0.39, 0.29) is 0 Å². The number of pyridine rings is 1. The summed E-state index contributed by atoms with van der Waals surface area (Å²) >= 11 is 0. The summed E-state index contributed by atoms with van der Waals surface area (Å²) < 4.78 is 0. The molecule has 0 amide bonds. The van der Waals surface area contributed by atoms with Crippen molar-refractivity contribution >= 4 is 0 Å². The minimum Gasteiger partial charge on any atom is -0.263 e. The molecule has 0 aliphatic rings. The molecule has 0 saturated heterocycles. The van der Waals surface area contributed by atoms with E-state index in [9.17, 15) is 0 Å². The fourth-order valence-electron chi connectivity index (χ4n) is 1.97. The maximum atomic E-state index is 4.33. The minimum absolute atomic E-state index is 1.13. The fraction of sp³-hybridized carbons (Fsp3) is 0. The van der Waals surface area contributed by atoms with Gasteiger partial charge in [0, 0.05) is 23.5 Å². The molecular weight excluding hydrogens is 218 g/mol. The van der Waals surface area contributed by atoms with Crippen LogP contribution in [0.15, 0.2) is 73.1 Å². The normalized spacial score (nSPS) is 10.2. The molecule has 3 rings (SSSR count). The van der Waals surface area contributed by atoms with Gasteiger partial charge < -0.3 is 0 Å². The lowest BCUT2D eigenvalue weighted by Gasteiger charge is -2.05. The number of nitrogens with zero attached hydrogens (tertiary/aromatic N) is 1. The molecule has 85 valence electrons. The van der Waals surface area contributed by atoms with Crippen molar-refractivity contribution in [3.05, 3.63) is 79.1 Å². The topological polar surface area (TPSA) is 12.9 Å². The first-order chi connectivity index (χ1) is 8.93.